The van der Waals surface area contributed by atoms with E-state index in [4.69, 9.17) is 10.2 Å². The van der Waals surface area contributed by atoms with Gasteiger partial charge in [0.25, 0.3) is 5.91 Å². The van der Waals surface area contributed by atoms with E-state index in [0.29, 0.717) is 5.56 Å². The molecule has 11 nitrogen and oxygen atoms in total. The number of hydrogen-bond acceptors (Lipinski definition) is 7. The molecule has 0 aliphatic carbocycles. The fourth-order valence-electron chi connectivity index (χ4n) is 3.84. The van der Waals surface area contributed by atoms with Crippen molar-refractivity contribution < 1.29 is 26.8 Å². The number of benzene rings is 2. The van der Waals surface area contributed by atoms with Crippen molar-refractivity contribution in [2.45, 2.75) is 37.6 Å². The molecule has 2 unspecified atom stereocenters. The maximum atomic E-state index is 14.9. The molecule has 2 atom stereocenters. The number of H-pyrrole nitrogens is 1. The molecule has 1 heterocycles. The number of hydrogen-bond donors (Lipinski definition) is 3. The van der Waals surface area contributed by atoms with Crippen LogP contribution < -0.4 is 16.2 Å². The van der Waals surface area contributed by atoms with Gasteiger partial charge in [-0.3, -0.25) is 9.59 Å². The molecule has 0 bridgehead atoms. The lowest BCUT2D eigenvalue weighted by Crippen LogP contribution is -2.34. The summed E-state index contributed by atoms with van der Waals surface area (Å²) in [5, 5.41) is 5.81. The number of amides is 2. The third-order valence-electron chi connectivity index (χ3n) is 5.88. The molecule has 0 radical (unpaired) electrons. The van der Waals surface area contributed by atoms with Crippen LogP contribution in [0.3, 0.4) is 0 Å². The average molecular weight is 520 g/mol. The van der Waals surface area contributed by atoms with Gasteiger partial charge in [-0.25, -0.2) is 22.7 Å². The average Bonchev–Trinajstić information content (AvgIpc) is 3.25. The molecule has 3 rings (SSSR count). The zero-order valence-electron chi connectivity index (χ0n) is 20.2. The predicted molar refractivity (Wildman–Crippen MR) is 127 cm³/mol. The SMILES string of the molecule is Cc1ccc(F)c(C(C)C(NS(=O)(=O)c2cc(C(=O)N(C)C)ccc2C(N)=O)c2n[nH]c(=O)o2)c1C. The summed E-state index contributed by atoms with van der Waals surface area (Å²) in [6, 6.07) is 4.89. The van der Waals surface area contributed by atoms with E-state index in [0.717, 1.165) is 17.7 Å². The highest BCUT2D eigenvalue weighted by atomic mass is 32.2. The first kappa shape index (κ1) is 26.8. The van der Waals surface area contributed by atoms with Crippen LogP contribution in [0.15, 0.2) is 44.4 Å². The number of aromatic amines is 1. The van der Waals surface area contributed by atoms with Crippen LogP contribution in [0.5, 0.6) is 0 Å². The van der Waals surface area contributed by atoms with Gasteiger partial charge in [-0.1, -0.05) is 13.0 Å². The van der Waals surface area contributed by atoms with E-state index in [2.05, 4.69) is 14.9 Å². The Morgan fingerprint density at radius 3 is 2.42 bits per heavy atom. The van der Waals surface area contributed by atoms with Crippen molar-refractivity contribution in [1.82, 2.24) is 19.8 Å². The number of primary amides is 1. The summed E-state index contributed by atoms with van der Waals surface area (Å²) in [4.78, 5) is 36.8. The van der Waals surface area contributed by atoms with Gasteiger partial charge < -0.3 is 15.1 Å². The molecule has 0 fully saturated rings. The fourth-order valence-corrected chi connectivity index (χ4v) is 5.35. The standard InChI is InChI=1S/C23H26FN5O6S/c1-11-6-9-16(24)18(12(11)2)13(3)19(21-26-27-23(32)35-21)28-36(33,34)17-10-14(22(31)29(4)5)7-8-15(17)20(25)30/h6-10,13,19,28H,1-5H3,(H2,25,30)(H,27,32). The minimum Gasteiger partial charge on any atom is -0.391 e. The van der Waals surface area contributed by atoms with Crippen molar-refractivity contribution in [3.63, 3.8) is 0 Å². The van der Waals surface area contributed by atoms with Crippen molar-refractivity contribution in [3.05, 3.63) is 80.4 Å². The predicted octanol–water partition coefficient (Wildman–Crippen LogP) is 1.74. The first-order valence-electron chi connectivity index (χ1n) is 10.7. The number of aromatic nitrogens is 2. The van der Waals surface area contributed by atoms with Gasteiger partial charge in [0.15, 0.2) is 0 Å². The van der Waals surface area contributed by atoms with Gasteiger partial charge in [-0.05, 0) is 54.8 Å². The van der Waals surface area contributed by atoms with Crippen LogP contribution in [-0.4, -0.2) is 49.4 Å². The number of nitrogens with two attached hydrogens (primary N) is 1. The van der Waals surface area contributed by atoms with Gasteiger partial charge in [0.1, 0.15) is 11.9 Å². The van der Waals surface area contributed by atoms with Crippen LogP contribution in [0.1, 0.15) is 62.2 Å². The smallest absolute Gasteiger partial charge is 0.391 e. The number of halogens is 1. The summed E-state index contributed by atoms with van der Waals surface area (Å²) in [5.74, 6) is -4.37. The molecule has 0 saturated carbocycles. The van der Waals surface area contributed by atoms with Gasteiger partial charge in [0.05, 0.1) is 10.5 Å². The first-order valence-corrected chi connectivity index (χ1v) is 12.2. The number of carbonyl (C=O) groups excluding carboxylic acids is 2. The molecule has 0 spiro atoms. The number of sulfonamides is 1. The maximum absolute atomic E-state index is 14.9. The maximum Gasteiger partial charge on any atom is 0.434 e. The minimum atomic E-state index is -4.60. The normalized spacial score (nSPS) is 13.3. The van der Waals surface area contributed by atoms with Gasteiger partial charge in [0.2, 0.25) is 21.8 Å². The van der Waals surface area contributed by atoms with E-state index in [-0.39, 0.29) is 22.6 Å². The lowest BCUT2D eigenvalue weighted by molar-refractivity contribution is 0.0826. The van der Waals surface area contributed by atoms with Crippen LogP contribution in [0, 0.1) is 19.7 Å². The monoisotopic (exact) mass is 519 g/mol. The molecule has 4 N–H and O–H groups in total. The Morgan fingerprint density at radius 1 is 1.19 bits per heavy atom. The van der Waals surface area contributed by atoms with Crippen LogP contribution in [0.2, 0.25) is 0 Å². The summed E-state index contributed by atoms with van der Waals surface area (Å²) in [7, 11) is -1.65. The minimum absolute atomic E-state index is 0.0122. The number of carbonyl (C=O) groups is 2. The van der Waals surface area contributed by atoms with Crippen LogP contribution >= 0.6 is 0 Å². The highest BCUT2D eigenvalue weighted by molar-refractivity contribution is 7.89. The quantitative estimate of drug-likeness (QED) is 0.407. The Kier molecular flexibility index (Phi) is 7.46. The summed E-state index contributed by atoms with van der Waals surface area (Å²) >= 11 is 0. The summed E-state index contributed by atoms with van der Waals surface area (Å²) in [6.45, 7) is 4.98. The summed E-state index contributed by atoms with van der Waals surface area (Å²) < 4.78 is 49.4. The highest BCUT2D eigenvalue weighted by Crippen LogP contribution is 2.35. The lowest BCUT2D eigenvalue weighted by Gasteiger charge is -2.25. The van der Waals surface area contributed by atoms with Crippen LogP contribution in [0.25, 0.3) is 0 Å². The molecule has 2 aromatic carbocycles. The van der Waals surface area contributed by atoms with E-state index >= 15 is 0 Å². The van der Waals surface area contributed by atoms with E-state index in [1.54, 1.807) is 19.9 Å². The lowest BCUT2D eigenvalue weighted by atomic mass is 9.88. The fraction of sp³-hybridized carbons (Fsp3) is 0.304. The Morgan fingerprint density at radius 2 is 1.86 bits per heavy atom. The molecule has 0 aliphatic rings. The molecule has 2 amide bonds. The molecule has 36 heavy (non-hydrogen) atoms. The number of rotatable bonds is 8. The molecule has 0 aliphatic heterocycles. The second kappa shape index (κ2) is 10.0. The number of nitrogens with zero attached hydrogens (tertiary/aromatic N) is 2. The van der Waals surface area contributed by atoms with Crippen molar-refractivity contribution in [3.8, 4) is 0 Å². The number of nitrogens with one attached hydrogen (secondary N) is 2. The third-order valence-corrected chi connectivity index (χ3v) is 7.36. The van der Waals surface area contributed by atoms with Crippen molar-refractivity contribution in [1.29, 1.82) is 0 Å². The van der Waals surface area contributed by atoms with Crippen molar-refractivity contribution in [2.24, 2.45) is 5.73 Å². The highest BCUT2D eigenvalue weighted by Gasteiger charge is 2.35. The van der Waals surface area contributed by atoms with Crippen LogP contribution in [-0.2, 0) is 10.0 Å². The zero-order valence-corrected chi connectivity index (χ0v) is 21.1. The van der Waals surface area contributed by atoms with Gasteiger partial charge in [-0.2, -0.15) is 4.72 Å². The Bertz CT molecular complexity index is 1490. The van der Waals surface area contributed by atoms with Gasteiger partial charge in [-0.15, -0.1) is 5.10 Å². The van der Waals surface area contributed by atoms with Crippen molar-refractivity contribution >= 4 is 21.8 Å². The third kappa shape index (κ3) is 5.21. The molecule has 3 aromatic rings. The topological polar surface area (TPSA) is 168 Å². The van der Waals surface area contributed by atoms with Crippen LogP contribution in [0.4, 0.5) is 4.39 Å². The second-order valence-corrected chi connectivity index (χ2v) is 10.2. The molecule has 13 heteroatoms. The van der Waals surface area contributed by atoms with Crippen molar-refractivity contribution in [2.75, 3.05) is 14.1 Å². The molecule has 1 aromatic heterocycles. The molecular formula is C23H26FN5O6S. The second-order valence-electron chi connectivity index (χ2n) is 8.52. The summed E-state index contributed by atoms with van der Waals surface area (Å²) in [6.07, 6.45) is 0. The number of aryl methyl sites for hydroxylation is 1. The van der Waals surface area contributed by atoms with E-state index in [1.165, 1.54) is 38.1 Å². The molecule has 192 valence electrons. The first-order chi connectivity index (χ1) is 16.7. The Hall–Kier alpha value is -3.84. The molecule has 0 saturated heterocycles. The zero-order chi connectivity index (χ0) is 26.9. The Labute approximate surface area is 206 Å². The van der Waals surface area contributed by atoms with E-state index in [9.17, 15) is 27.2 Å². The molecular weight excluding hydrogens is 493 g/mol. The Balaban J connectivity index is 2.18. The van der Waals surface area contributed by atoms with Gasteiger partial charge in [0, 0.05) is 25.6 Å². The van der Waals surface area contributed by atoms with E-state index in [1.807, 2.05) is 0 Å². The largest absolute Gasteiger partial charge is 0.434 e. The van der Waals surface area contributed by atoms with Gasteiger partial charge >= 0.3 is 5.76 Å². The van der Waals surface area contributed by atoms with E-state index < -0.39 is 50.3 Å². The summed E-state index contributed by atoms with van der Waals surface area (Å²) in [5.41, 5.74) is 6.52.